The third kappa shape index (κ3) is 3.54. The summed E-state index contributed by atoms with van der Waals surface area (Å²) in [7, 11) is 0. The maximum absolute atomic E-state index is 12.5. The van der Waals surface area contributed by atoms with Gasteiger partial charge in [-0.1, -0.05) is 48.6 Å². The zero-order chi connectivity index (χ0) is 16.2. The average Bonchev–Trinajstić information content (AvgIpc) is 2.83. The first-order valence-corrected chi connectivity index (χ1v) is 8.35. The molecule has 3 nitrogen and oxygen atoms in total. The van der Waals surface area contributed by atoms with E-state index in [0.717, 1.165) is 35.7 Å². The number of rotatable bonds is 3. The minimum Gasteiger partial charge on any atom is -0.268 e. The maximum Gasteiger partial charge on any atom is 0.298 e. The molecular formula is C19H17NO2S. The largest absolute Gasteiger partial charge is 0.298 e. The lowest BCUT2D eigenvalue weighted by Gasteiger charge is -2.15. The number of thioether (sulfide) groups is 1. The van der Waals surface area contributed by atoms with Gasteiger partial charge in [0, 0.05) is 5.70 Å². The molecule has 0 bridgehead atoms. The number of nitrogens with zero attached hydrogens (tertiary/aromatic N) is 1. The summed E-state index contributed by atoms with van der Waals surface area (Å²) in [6, 6.07) is 9.90. The van der Waals surface area contributed by atoms with E-state index in [1.54, 1.807) is 6.08 Å². The van der Waals surface area contributed by atoms with Gasteiger partial charge in [-0.3, -0.25) is 9.59 Å². The van der Waals surface area contributed by atoms with Gasteiger partial charge in [0.05, 0.1) is 4.91 Å². The fraction of sp³-hybridized carbons (Fsp3) is 0.158. The van der Waals surface area contributed by atoms with Crippen LogP contribution in [-0.4, -0.2) is 16.0 Å². The molecule has 1 saturated heterocycles. The van der Waals surface area contributed by atoms with Gasteiger partial charge in [0.1, 0.15) is 0 Å². The number of hydrogen-bond donors (Lipinski definition) is 0. The molecule has 23 heavy (non-hydrogen) atoms. The Morgan fingerprint density at radius 3 is 2.65 bits per heavy atom. The van der Waals surface area contributed by atoms with Crippen LogP contribution in [0, 0.1) is 0 Å². The van der Waals surface area contributed by atoms with Gasteiger partial charge in [0.2, 0.25) is 0 Å². The highest BCUT2D eigenvalue weighted by Crippen LogP contribution is 2.35. The van der Waals surface area contributed by atoms with Gasteiger partial charge >= 0.3 is 0 Å². The Hall–Kier alpha value is -2.33. The fourth-order valence-corrected chi connectivity index (χ4v) is 3.41. The highest BCUT2D eigenvalue weighted by Gasteiger charge is 2.36. The molecule has 2 amide bonds. The van der Waals surface area contributed by atoms with Crippen molar-refractivity contribution in [1.82, 2.24) is 4.90 Å². The van der Waals surface area contributed by atoms with Crippen LogP contribution in [0.25, 0.3) is 6.08 Å². The zero-order valence-electron chi connectivity index (χ0n) is 12.9. The number of carbonyl (C=O) groups excluding carboxylic acids is 2. The van der Waals surface area contributed by atoms with Gasteiger partial charge in [0.25, 0.3) is 11.1 Å². The molecule has 1 aliphatic carbocycles. The summed E-state index contributed by atoms with van der Waals surface area (Å²) in [4.78, 5) is 26.4. The van der Waals surface area contributed by atoms with Crippen LogP contribution in [0.15, 0.2) is 70.8 Å². The van der Waals surface area contributed by atoms with Crippen LogP contribution in [0.3, 0.4) is 0 Å². The summed E-state index contributed by atoms with van der Waals surface area (Å²) in [5.41, 5.74) is 2.69. The lowest BCUT2D eigenvalue weighted by Crippen LogP contribution is -2.27. The first-order chi connectivity index (χ1) is 11.1. The first-order valence-electron chi connectivity index (χ1n) is 7.53. The van der Waals surface area contributed by atoms with E-state index in [4.69, 9.17) is 0 Å². The Labute approximate surface area is 140 Å². The molecule has 3 rings (SSSR count). The van der Waals surface area contributed by atoms with E-state index >= 15 is 0 Å². The highest BCUT2D eigenvalue weighted by atomic mass is 32.2. The van der Waals surface area contributed by atoms with Crippen LogP contribution >= 0.6 is 11.8 Å². The molecule has 116 valence electrons. The number of amides is 2. The fourth-order valence-electron chi connectivity index (χ4n) is 2.52. The third-order valence-corrected chi connectivity index (χ3v) is 4.45. The molecule has 0 saturated carbocycles. The van der Waals surface area contributed by atoms with Crippen molar-refractivity contribution in [3.63, 3.8) is 0 Å². The first kappa shape index (κ1) is 15.6. The van der Waals surface area contributed by atoms with Crippen LogP contribution < -0.4 is 0 Å². The van der Waals surface area contributed by atoms with Crippen LogP contribution in [0.1, 0.15) is 25.3 Å². The smallest absolute Gasteiger partial charge is 0.268 e. The topological polar surface area (TPSA) is 37.4 Å². The number of allylic oxidation sites excluding steroid dienone is 5. The van der Waals surface area contributed by atoms with Gasteiger partial charge in [-0.15, -0.1) is 0 Å². The van der Waals surface area contributed by atoms with E-state index in [1.165, 1.54) is 4.90 Å². The van der Waals surface area contributed by atoms with E-state index in [-0.39, 0.29) is 11.1 Å². The molecule has 4 heteroatoms. The summed E-state index contributed by atoms with van der Waals surface area (Å²) >= 11 is 0.997. The minimum atomic E-state index is -0.237. The molecule has 0 unspecified atom stereocenters. The molecule has 0 aromatic heterocycles. The van der Waals surface area contributed by atoms with Crippen molar-refractivity contribution >= 4 is 29.0 Å². The lowest BCUT2D eigenvalue weighted by molar-refractivity contribution is -0.121. The number of hydrogen-bond acceptors (Lipinski definition) is 3. The molecule has 2 aliphatic rings. The van der Waals surface area contributed by atoms with E-state index in [1.807, 2.05) is 61.6 Å². The van der Waals surface area contributed by atoms with Crippen molar-refractivity contribution < 1.29 is 9.59 Å². The summed E-state index contributed by atoms with van der Waals surface area (Å²) in [5, 5.41) is -0.230. The number of benzene rings is 1. The Bertz CT molecular complexity index is 757. The van der Waals surface area contributed by atoms with Gasteiger partial charge in [-0.05, 0) is 54.8 Å². The van der Waals surface area contributed by atoms with Crippen LogP contribution in [-0.2, 0) is 4.79 Å². The predicted molar refractivity (Wildman–Crippen MR) is 94.5 cm³/mol. The molecular weight excluding hydrogens is 306 g/mol. The van der Waals surface area contributed by atoms with Crippen LogP contribution in [0.5, 0.6) is 0 Å². The van der Waals surface area contributed by atoms with Gasteiger partial charge < -0.3 is 0 Å². The normalized spacial score (nSPS) is 20.4. The SMILES string of the molecule is CC(=Cc1ccccc1)C=C1SC(=O)N(C2=CCCC=C2)C1=O. The van der Waals surface area contributed by atoms with Crippen LogP contribution in [0.2, 0.25) is 0 Å². The highest BCUT2D eigenvalue weighted by molar-refractivity contribution is 8.18. The second-order valence-corrected chi connectivity index (χ2v) is 6.42. The molecule has 0 atom stereocenters. The lowest BCUT2D eigenvalue weighted by atomic mass is 10.1. The molecule has 1 aromatic carbocycles. The summed E-state index contributed by atoms with van der Waals surface area (Å²) in [6.07, 6.45) is 11.4. The van der Waals surface area contributed by atoms with Gasteiger partial charge in [-0.25, -0.2) is 4.90 Å². The molecule has 1 heterocycles. The molecule has 0 N–H and O–H groups in total. The molecule has 0 radical (unpaired) electrons. The van der Waals surface area contributed by atoms with Gasteiger partial charge in [0.15, 0.2) is 0 Å². The Morgan fingerprint density at radius 1 is 1.17 bits per heavy atom. The van der Waals surface area contributed by atoms with Crippen molar-refractivity contribution in [3.8, 4) is 0 Å². The standard InChI is InChI=1S/C19H17NO2S/c1-14(12-15-8-4-2-5-9-15)13-17-18(21)20(19(22)23-17)16-10-6-3-7-11-16/h2,4-6,8-13H,3,7H2,1H3. The van der Waals surface area contributed by atoms with Crippen molar-refractivity contribution in [3.05, 3.63) is 76.4 Å². The van der Waals surface area contributed by atoms with E-state index in [9.17, 15) is 9.59 Å². The predicted octanol–water partition coefficient (Wildman–Crippen LogP) is 4.90. The number of imide groups is 1. The minimum absolute atomic E-state index is 0.230. The Morgan fingerprint density at radius 2 is 1.96 bits per heavy atom. The maximum atomic E-state index is 12.5. The zero-order valence-corrected chi connectivity index (χ0v) is 13.7. The molecule has 0 spiro atoms. The van der Waals surface area contributed by atoms with Crippen molar-refractivity contribution in [1.29, 1.82) is 0 Å². The molecule has 1 aromatic rings. The van der Waals surface area contributed by atoms with Gasteiger partial charge in [-0.2, -0.15) is 0 Å². The molecule has 1 aliphatic heterocycles. The average molecular weight is 323 g/mol. The van der Waals surface area contributed by atoms with E-state index < -0.39 is 0 Å². The molecule has 1 fully saturated rings. The quantitative estimate of drug-likeness (QED) is 0.742. The number of carbonyl (C=O) groups is 2. The Balaban J connectivity index is 1.83. The van der Waals surface area contributed by atoms with Crippen LogP contribution in [0.4, 0.5) is 4.79 Å². The Kier molecular flexibility index (Phi) is 4.63. The summed E-state index contributed by atoms with van der Waals surface area (Å²) in [6.45, 7) is 1.93. The monoisotopic (exact) mass is 323 g/mol. The van der Waals surface area contributed by atoms with Crippen molar-refractivity contribution in [2.75, 3.05) is 0 Å². The second-order valence-electron chi connectivity index (χ2n) is 5.42. The van der Waals surface area contributed by atoms with Crippen molar-refractivity contribution in [2.45, 2.75) is 19.8 Å². The van der Waals surface area contributed by atoms with Crippen molar-refractivity contribution in [2.24, 2.45) is 0 Å². The van der Waals surface area contributed by atoms with E-state index in [2.05, 4.69) is 0 Å². The second kappa shape index (κ2) is 6.84. The summed E-state index contributed by atoms with van der Waals surface area (Å²) < 4.78 is 0. The van der Waals surface area contributed by atoms with E-state index in [0.29, 0.717) is 10.6 Å². The summed E-state index contributed by atoms with van der Waals surface area (Å²) in [5.74, 6) is -0.237. The third-order valence-electron chi connectivity index (χ3n) is 3.58.